The van der Waals surface area contributed by atoms with E-state index in [-0.39, 0.29) is 12.7 Å². The highest BCUT2D eigenvalue weighted by molar-refractivity contribution is 5.88. The second-order valence-electron chi connectivity index (χ2n) is 5.11. The number of aliphatic hydroxyl groups is 3. The summed E-state index contributed by atoms with van der Waals surface area (Å²) in [6.07, 6.45) is 2.26. The number of rotatable bonds is 11. The predicted octanol–water partition coefficient (Wildman–Crippen LogP) is 0.0615. The van der Waals surface area contributed by atoms with Crippen LogP contribution in [0.1, 0.15) is 51.9 Å². The molecule has 0 amide bonds. The van der Waals surface area contributed by atoms with Crippen molar-refractivity contribution in [3.63, 3.8) is 0 Å². The zero-order chi connectivity index (χ0) is 18.5. The zero-order valence-corrected chi connectivity index (χ0v) is 13.1. The van der Waals surface area contributed by atoms with Crippen molar-refractivity contribution in [2.75, 3.05) is 6.61 Å². The van der Waals surface area contributed by atoms with Gasteiger partial charge in [0, 0.05) is 6.61 Å². The molecular weight excluding hydrogens is 312 g/mol. The van der Waals surface area contributed by atoms with Gasteiger partial charge in [-0.15, -0.1) is 0 Å². The van der Waals surface area contributed by atoms with Crippen molar-refractivity contribution < 1.29 is 45.0 Å². The van der Waals surface area contributed by atoms with Gasteiger partial charge in [0.2, 0.25) is 0 Å². The van der Waals surface area contributed by atoms with Gasteiger partial charge >= 0.3 is 17.9 Å². The molecule has 9 heteroatoms. The fourth-order valence-corrected chi connectivity index (χ4v) is 1.59. The van der Waals surface area contributed by atoms with Gasteiger partial charge in [0.05, 0.1) is 18.9 Å². The lowest BCUT2D eigenvalue weighted by molar-refractivity contribution is -0.170. The Morgan fingerprint density at radius 1 is 0.957 bits per heavy atom. The molecule has 0 aromatic heterocycles. The molecule has 0 saturated heterocycles. The SMILES string of the molecule is CCC(O)CCCCCO.O=C(O)CC(O)(CC(=O)O)C(=O)O. The van der Waals surface area contributed by atoms with E-state index in [0.717, 1.165) is 32.1 Å². The van der Waals surface area contributed by atoms with Gasteiger partial charge in [-0.2, -0.15) is 0 Å². The third kappa shape index (κ3) is 13.7. The molecule has 0 fully saturated rings. The van der Waals surface area contributed by atoms with Crippen LogP contribution in [0.2, 0.25) is 0 Å². The minimum Gasteiger partial charge on any atom is -0.481 e. The molecule has 0 aromatic rings. The Hall–Kier alpha value is -1.71. The molecule has 1 atom stereocenters. The highest BCUT2D eigenvalue weighted by Crippen LogP contribution is 2.15. The van der Waals surface area contributed by atoms with E-state index in [0.29, 0.717) is 0 Å². The van der Waals surface area contributed by atoms with E-state index in [1.54, 1.807) is 0 Å². The maximum atomic E-state index is 10.3. The van der Waals surface area contributed by atoms with E-state index in [1.165, 1.54) is 0 Å². The molecule has 0 aliphatic heterocycles. The van der Waals surface area contributed by atoms with Crippen molar-refractivity contribution in [1.29, 1.82) is 0 Å². The van der Waals surface area contributed by atoms with Gasteiger partial charge in [-0.05, 0) is 19.3 Å². The van der Waals surface area contributed by atoms with E-state index in [9.17, 15) is 14.4 Å². The molecule has 0 rings (SSSR count). The molecule has 23 heavy (non-hydrogen) atoms. The number of unbranched alkanes of at least 4 members (excludes halogenated alkanes) is 2. The summed E-state index contributed by atoms with van der Waals surface area (Å²) in [5.41, 5.74) is -2.74. The van der Waals surface area contributed by atoms with Gasteiger partial charge in [-0.25, -0.2) is 4.79 Å². The van der Waals surface area contributed by atoms with Gasteiger partial charge in [-0.3, -0.25) is 9.59 Å². The van der Waals surface area contributed by atoms with Crippen molar-refractivity contribution in [3.8, 4) is 0 Å². The Labute approximate surface area is 134 Å². The van der Waals surface area contributed by atoms with E-state index >= 15 is 0 Å². The second kappa shape index (κ2) is 12.8. The Balaban J connectivity index is 0. The first-order chi connectivity index (χ1) is 10.6. The average Bonchev–Trinajstić information content (AvgIpc) is 2.42. The quantitative estimate of drug-likeness (QED) is 0.285. The summed E-state index contributed by atoms with van der Waals surface area (Å²) in [5, 5.41) is 51.3. The first kappa shape index (κ1) is 23.6. The summed E-state index contributed by atoms with van der Waals surface area (Å²) >= 11 is 0. The van der Waals surface area contributed by atoms with E-state index in [2.05, 4.69) is 0 Å². The van der Waals surface area contributed by atoms with Crippen molar-refractivity contribution in [3.05, 3.63) is 0 Å². The summed E-state index contributed by atoms with van der Waals surface area (Å²) in [6.45, 7) is 2.26. The molecule has 9 nitrogen and oxygen atoms in total. The third-order valence-electron chi connectivity index (χ3n) is 2.95. The van der Waals surface area contributed by atoms with Crippen LogP contribution in [0.3, 0.4) is 0 Å². The summed E-state index contributed by atoms with van der Waals surface area (Å²) in [7, 11) is 0. The number of hydrogen-bond acceptors (Lipinski definition) is 6. The number of carbonyl (C=O) groups is 3. The molecule has 6 N–H and O–H groups in total. The molecule has 0 radical (unpaired) electrons. The molecule has 0 aliphatic carbocycles. The molecule has 1 unspecified atom stereocenters. The molecule has 0 saturated carbocycles. The fraction of sp³-hybridized carbons (Fsp3) is 0.786. The first-order valence-electron chi connectivity index (χ1n) is 7.27. The van der Waals surface area contributed by atoms with Crippen molar-refractivity contribution in [2.45, 2.75) is 63.6 Å². The fourth-order valence-electron chi connectivity index (χ4n) is 1.59. The van der Waals surface area contributed by atoms with Gasteiger partial charge in [0.15, 0.2) is 5.60 Å². The highest BCUT2D eigenvalue weighted by atomic mass is 16.4. The lowest BCUT2D eigenvalue weighted by Crippen LogP contribution is -2.42. The molecular formula is C14H26O9. The summed E-state index contributed by atoms with van der Waals surface area (Å²) < 4.78 is 0. The smallest absolute Gasteiger partial charge is 0.336 e. The van der Waals surface area contributed by atoms with Gasteiger partial charge < -0.3 is 30.6 Å². The van der Waals surface area contributed by atoms with E-state index in [4.69, 9.17) is 30.6 Å². The lowest BCUT2D eigenvalue weighted by Gasteiger charge is -2.18. The van der Waals surface area contributed by atoms with Crippen LogP contribution in [0.15, 0.2) is 0 Å². The lowest BCUT2D eigenvalue weighted by atomic mass is 9.96. The highest BCUT2D eigenvalue weighted by Gasteiger charge is 2.40. The molecule has 0 bridgehead atoms. The number of carboxylic acids is 3. The predicted molar refractivity (Wildman–Crippen MR) is 78.9 cm³/mol. The third-order valence-corrected chi connectivity index (χ3v) is 2.95. The number of aliphatic hydroxyl groups excluding tert-OH is 2. The maximum Gasteiger partial charge on any atom is 0.336 e. The second-order valence-corrected chi connectivity index (χ2v) is 5.11. The van der Waals surface area contributed by atoms with Crippen LogP contribution in [-0.2, 0) is 14.4 Å². The summed E-state index contributed by atoms with van der Waals surface area (Å²) in [6, 6.07) is 0. The normalized spacial score (nSPS) is 12.0. The van der Waals surface area contributed by atoms with Gasteiger partial charge in [0.1, 0.15) is 0 Å². The van der Waals surface area contributed by atoms with Crippen LogP contribution in [0.4, 0.5) is 0 Å². The molecule has 0 aliphatic rings. The van der Waals surface area contributed by atoms with Crippen LogP contribution >= 0.6 is 0 Å². The zero-order valence-electron chi connectivity index (χ0n) is 13.1. The molecule has 136 valence electrons. The topological polar surface area (TPSA) is 173 Å². The average molecular weight is 338 g/mol. The summed E-state index contributed by atoms with van der Waals surface area (Å²) in [4.78, 5) is 30.5. The Bertz CT molecular complexity index is 351. The van der Waals surface area contributed by atoms with Crippen LogP contribution in [0.5, 0.6) is 0 Å². The van der Waals surface area contributed by atoms with Crippen molar-refractivity contribution >= 4 is 17.9 Å². The van der Waals surface area contributed by atoms with Gasteiger partial charge in [0.25, 0.3) is 0 Å². The monoisotopic (exact) mass is 338 g/mol. The number of aliphatic carboxylic acids is 3. The first-order valence-corrected chi connectivity index (χ1v) is 7.27. The summed E-state index contributed by atoms with van der Waals surface area (Å²) in [5.74, 6) is -5.02. The molecule has 0 spiro atoms. The van der Waals surface area contributed by atoms with Gasteiger partial charge in [-0.1, -0.05) is 19.8 Å². The Morgan fingerprint density at radius 2 is 1.43 bits per heavy atom. The minimum absolute atomic E-state index is 0.126. The van der Waals surface area contributed by atoms with Crippen molar-refractivity contribution in [1.82, 2.24) is 0 Å². The Kier molecular flexibility index (Phi) is 13.1. The molecule has 0 aromatic carbocycles. The Morgan fingerprint density at radius 3 is 1.74 bits per heavy atom. The van der Waals surface area contributed by atoms with Crippen LogP contribution in [0.25, 0.3) is 0 Å². The standard InChI is InChI=1S/C8H18O2.C6H8O7/c1-2-8(10)6-4-3-5-7-9;7-3(8)1-6(13,5(11)12)2-4(9)10/h8-10H,2-7H2,1H3;13H,1-2H2,(H,7,8)(H,9,10)(H,11,12). The van der Waals surface area contributed by atoms with Crippen molar-refractivity contribution in [2.24, 2.45) is 0 Å². The van der Waals surface area contributed by atoms with Crippen LogP contribution < -0.4 is 0 Å². The number of carboxylic acid groups (broad SMARTS) is 3. The van der Waals surface area contributed by atoms with E-state index < -0.39 is 36.4 Å². The van der Waals surface area contributed by atoms with E-state index in [1.807, 2.05) is 6.92 Å². The van der Waals surface area contributed by atoms with Crippen LogP contribution in [0, 0.1) is 0 Å². The maximum absolute atomic E-state index is 10.3. The van der Waals surface area contributed by atoms with Crippen LogP contribution in [-0.4, -0.2) is 66.9 Å². The number of hydrogen-bond donors (Lipinski definition) is 6. The minimum atomic E-state index is -2.74. The molecule has 0 heterocycles. The largest absolute Gasteiger partial charge is 0.481 e.